The molecule has 30 heavy (non-hydrogen) atoms. The van der Waals surface area contributed by atoms with Crippen LogP contribution in [0.4, 0.5) is 11.4 Å². The molecule has 2 heterocycles. The summed E-state index contributed by atoms with van der Waals surface area (Å²) in [6.07, 6.45) is 5.61. The number of benzene rings is 2. The minimum absolute atomic E-state index is 0.144. The van der Waals surface area contributed by atoms with Gasteiger partial charge >= 0.3 is 0 Å². The van der Waals surface area contributed by atoms with E-state index < -0.39 is 0 Å². The van der Waals surface area contributed by atoms with Gasteiger partial charge in [0.15, 0.2) is 5.60 Å². The molecule has 0 radical (unpaired) electrons. The molecular weight excluding hydrogens is 370 g/mol. The molecule has 2 aliphatic heterocycles. The van der Waals surface area contributed by atoms with Gasteiger partial charge in [0.05, 0.1) is 23.1 Å². The average Bonchev–Trinajstić information content (AvgIpc) is 3.43. The quantitative estimate of drug-likeness (QED) is 0.645. The smallest absolute Gasteiger partial charge is 0.151 e. The molecule has 4 unspecified atom stereocenters. The summed E-state index contributed by atoms with van der Waals surface area (Å²) in [6, 6.07) is 19.2. The molecule has 1 spiro atoms. The molecule has 2 saturated carbocycles. The van der Waals surface area contributed by atoms with Crippen LogP contribution in [0.3, 0.4) is 0 Å². The summed E-state index contributed by atoms with van der Waals surface area (Å²) in [7, 11) is 0. The van der Waals surface area contributed by atoms with Crippen LogP contribution < -0.4 is 5.32 Å². The van der Waals surface area contributed by atoms with E-state index in [1.807, 2.05) is 0 Å². The van der Waals surface area contributed by atoms with E-state index in [0.717, 1.165) is 41.6 Å². The van der Waals surface area contributed by atoms with Gasteiger partial charge < -0.3 is 10.2 Å². The van der Waals surface area contributed by atoms with Gasteiger partial charge in [-0.15, -0.1) is 0 Å². The van der Waals surface area contributed by atoms with Crippen molar-refractivity contribution in [2.24, 2.45) is 27.4 Å². The first-order valence-electron chi connectivity index (χ1n) is 11.3. The number of nitrogens with zero attached hydrogens (tertiary/aromatic N) is 2. The summed E-state index contributed by atoms with van der Waals surface area (Å²) in [5, 5.41) is 8.43. The molecule has 6 rings (SSSR count). The van der Waals surface area contributed by atoms with E-state index in [2.05, 4.69) is 73.8 Å². The molecule has 4 heteroatoms. The topological polar surface area (TPSA) is 46.0 Å². The normalized spacial score (nSPS) is 33.3. The monoisotopic (exact) mass is 399 g/mol. The number of nitrogens with one attached hydrogen (secondary N) is 1. The molecule has 1 N–H and O–H groups in total. The number of anilines is 1. The molecule has 0 aromatic heterocycles. The highest BCUT2D eigenvalue weighted by Crippen LogP contribution is 2.65. The lowest BCUT2D eigenvalue weighted by molar-refractivity contribution is -0.135. The number of hydrogen-bond donors (Lipinski definition) is 1. The molecule has 2 fully saturated rings. The predicted molar refractivity (Wildman–Crippen MR) is 121 cm³/mol. The summed E-state index contributed by atoms with van der Waals surface area (Å²) < 4.78 is 0. The SMILES string of the molecule is CC1(C)C2CCC(C2)C12CC(C1=Nc3ccccc3NC(c3ccccc3)C1)=NO2. The maximum Gasteiger partial charge on any atom is 0.151 e. The van der Waals surface area contributed by atoms with Crippen molar-refractivity contribution in [2.45, 2.75) is 57.6 Å². The van der Waals surface area contributed by atoms with E-state index in [1.54, 1.807) is 0 Å². The third-order valence-electron chi connectivity index (χ3n) is 8.37. The second kappa shape index (κ2) is 6.44. The Morgan fingerprint density at radius 3 is 2.50 bits per heavy atom. The Balaban J connectivity index is 1.36. The van der Waals surface area contributed by atoms with E-state index in [1.165, 1.54) is 24.8 Å². The fraction of sp³-hybridized carbons (Fsp3) is 0.462. The van der Waals surface area contributed by atoms with Crippen molar-refractivity contribution in [3.63, 3.8) is 0 Å². The highest BCUT2D eigenvalue weighted by atomic mass is 16.7. The lowest BCUT2D eigenvalue weighted by Gasteiger charge is -2.44. The summed E-state index contributed by atoms with van der Waals surface area (Å²) >= 11 is 0. The first-order valence-corrected chi connectivity index (χ1v) is 11.3. The molecule has 2 bridgehead atoms. The van der Waals surface area contributed by atoms with Crippen LogP contribution in [0.25, 0.3) is 0 Å². The van der Waals surface area contributed by atoms with Crippen molar-refractivity contribution >= 4 is 22.8 Å². The molecule has 4 aliphatic rings. The van der Waals surface area contributed by atoms with Gasteiger partial charge in [-0.25, -0.2) is 4.99 Å². The van der Waals surface area contributed by atoms with Gasteiger partial charge in [-0.2, -0.15) is 0 Å². The number of oxime groups is 1. The number of rotatable bonds is 2. The number of aliphatic imine (C=N–C) groups is 1. The van der Waals surface area contributed by atoms with E-state index in [4.69, 9.17) is 15.0 Å². The van der Waals surface area contributed by atoms with Crippen LogP contribution in [0, 0.1) is 17.3 Å². The van der Waals surface area contributed by atoms with Crippen LogP contribution in [0.1, 0.15) is 57.6 Å². The molecule has 2 aromatic carbocycles. The Hall–Kier alpha value is -2.62. The van der Waals surface area contributed by atoms with E-state index in [-0.39, 0.29) is 17.1 Å². The van der Waals surface area contributed by atoms with Gasteiger partial charge in [0.2, 0.25) is 0 Å². The van der Waals surface area contributed by atoms with Crippen molar-refractivity contribution in [3.8, 4) is 0 Å². The number of hydrogen-bond acceptors (Lipinski definition) is 4. The zero-order chi connectivity index (χ0) is 20.3. The molecule has 4 atom stereocenters. The lowest BCUT2D eigenvalue weighted by Crippen LogP contribution is -2.49. The molecular formula is C26H29N3O. The first kappa shape index (κ1) is 18.2. The lowest BCUT2D eigenvalue weighted by atomic mass is 9.63. The highest BCUT2D eigenvalue weighted by molar-refractivity contribution is 6.43. The van der Waals surface area contributed by atoms with Crippen LogP contribution in [-0.2, 0) is 4.84 Å². The summed E-state index contributed by atoms with van der Waals surface area (Å²) in [4.78, 5) is 11.5. The summed E-state index contributed by atoms with van der Waals surface area (Å²) in [5.74, 6) is 1.38. The van der Waals surface area contributed by atoms with Gasteiger partial charge in [0.1, 0.15) is 5.71 Å². The Morgan fingerprint density at radius 2 is 1.70 bits per heavy atom. The fourth-order valence-electron chi connectivity index (χ4n) is 6.49. The predicted octanol–water partition coefficient (Wildman–Crippen LogP) is 6.29. The van der Waals surface area contributed by atoms with Gasteiger partial charge in [-0.3, -0.25) is 0 Å². The van der Waals surface area contributed by atoms with Crippen molar-refractivity contribution in [1.82, 2.24) is 0 Å². The summed E-state index contributed by atoms with van der Waals surface area (Å²) in [5.41, 5.74) is 5.48. The minimum atomic E-state index is -0.144. The van der Waals surface area contributed by atoms with Crippen LogP contribution in [0.2, 0.25) is 0 Å². The second-order valence-corrected chi connectivity index (χ2v) is 10.0. The summed E-state index contributed by atoms with van der Waals surface area (Å²) in [6.45, 7) is 4.79. The number of para-hydroxylation sites is 2. The third kappa shape index (κ3) is 2.52. The van der Waals surface area contributed by atoms with Crippen molar-refractivity contribution < 1.29 is 4.84 Å². The zero-order valence-electron chi connectivity index (χ0n) is 17.8. The molecule has 0 amide bonds. The maximum atomic E-state index is 6.37. The molecule has 4 nitrogen and oxygen atoms in total. The first-order chi connectivity index (χ1) is 14.6. The van der Waals surface area contributed by atoms with Crippen molar-refractivity contribution in [1.29, 1.82) is 0 Å². The second-order valence-electron chi connectivity index (χ2n) is 10.0. The number of fused-ring (bicyclic) bond motifs is 4. The van der Waals surface area contributed by atoms with Crippen molar-refractivity contribution in [2.75, 3.05) is 5.32 Å². The van der Waals surface area contributed by atoms with Crippen molar-refractivity contribution in [3.05, 3.63) is 60.2 Å². The standard InChI is InChI=1S/C26H29N3O/c1-25(2)18-12-13-19(14-18)26(25)16-24(29-30-26)23-15-22(17-8-4-3-5-9-17)27-20-10-6-7-11-21(20)28-23/h3-11,18-19,22,27H,12-16H2,1-2H3. The zero-order valence-corrected chi connectivity index (χ0v) is 17.8. The molecule has 2 aliphatic carbocycles. The molecule has 0 saturated heterocycles. The largest absolute Gasteiger partial charge is 0.388 e. The van der Waals surface area contributed by atoms with Crippen LogP contribution >= 0.6 is 0 Å². The fourth-order valence-corrected chi connectivity index (χ4v) is 6.49. The van der Waals surface area contributed by atoms with Gasteiger partial charge in [0.25, 0.3) is 0 Å². The Morgan fingerprint density at radius 1 is 0.933 bits per heavy atom. The van der Waals surface area contributed by atoms with Crippen LogP contribution in [0.5, 0.6) is 0 Å². The van der Waals surface area contributed by atoms with Gasteiger partial charge in [-0.05, 0) is 42.9 Å². The van der Waals surface area contributed by atoms with Crippen LogP contribution in [-0.4, -0.2) is 17.0 Å². The van der Waals surface area contributed by atoms with E-state index in [9.17, 15) is 0 Å². The maximum absolute atomic E-state index is 6.37. The minimum Gasteiger partial charge on any atom is -0.388 e. The van der Waals surface area contributed by atoms with Crippen LogP contribution in [0.15, 0.2) is 64.7 Å². The Labute approximate surface area is 178 Å². The van der Waals surface area contributed by atoms with Gasteiger partial charge in [0, 0.05) is 24.2 Å². The molecule has 2 aromatic rings. The molecule has 154 valence electrons. The van der Waals surface area contributed by atoms with Gasteiger partial charge in [-0.1, -0.05) is 61.5 Å². The third-order valence-corrected chi connectivity index (χ3v) is 8.37. The Bertz CT molecular complexity index is 1040. The Kier molecular flexibility index (Phi) is 3.90. The van der Waals surface area contributed by atoms with E-state index >= 15 is 0 Å². The highest BCUT2D eigenvalue weighted by Gasteiger charge is 2.67. The average molecular weight is 400 g/mol. The van der Waals surface area contributed by atoms with E-state index in [0.29, 0.717) is 5.92 Å².